The summed E-state index contributed by atoms with van der Waals surface area (Å²) >= 11 is 3.50. The topological polar surface area (TPSA) is 82.6 Å². The molecule has 0 fully saturated rings. The number of nitrogens with one attached hydrogen (secondary N) is 1. The Morgan fingerprint density at radius 1 is 1.15 bits per heavy atom. The number of anilines is 1. The standard InChI is InChI=1S/C18H24BrN7O/c1-5-25-13(3)15(8-21-25)10-24-11-16(9-20-24)22-17(27)6-7-26-14(4)18(19)12(2)23-26/h8-9,11H,5-7,10H2,1-4H3,(H,22,27). The summed E-state index contributed by atoms with van der Waals surface area (Å²) in [6.07, 6.45) is 5.71. The average Bonchev–Trinajstić information content (AvgIpc) is 3.29. The highest BCUT2D eigenvalue weighted by Crippen LogP contribution is 2.20. The number of aromatic nitrogens is 6. The van der Waals surface area contributed by atoms with E-state index < -0.39 is 0 Å². The third-order valence-corrected chi connectivity index (χ3v) is 5.75. The Labute approximate surface area is 166 Å². The highest BCUT2D eigenvalue weighted by atomic mass is 79.9. The molecule has 27 heavy (non-hydrogen) atoms. The molecular weight excluding hydrogens is 410 g/mol. The van der Waals surface area contributed by atoms with E-state index in [2.05, 4.69) is 50.4 Å². The van der Waals surface area contributed by atoms with Gasteiger partial charge in [-0.3, -0.25) is 18.8 Å². The van der Waals surface area contributed by atoms with Gasteiger partial charge in [-0.25, -0.2) is 0 Å². The number of carbonyl (C=O) groups is 1. The summed E-state index contributed by atoms with van der Waals surface area (Å²) in [5.41, 5.74) is 4.89. The Bertz CT molecular complexity index is 953. The van der Waals surface area contributed by atoms with Gasteiger partial charge in [0.1, 0.15) is 0 Å². The van der Waals surface area contributed by atoms with Crippen molar-refractivity contribution in [3.05, 3.63) is 45.7 Å². The van der Waals surface area contributed by atoms with Gasteiger partial charge in [-0.1, -0.05) is 0 Å². The van der Waals surface area contributed by atoms with Gasteiger partial charge in [-0.05, 0) is 43.6 Å². The molecule has 9 heteroatoms. The lowest BCUT2D eigenvalue weighted by molar-refractivity contribution is -0.116. The number of carbonyl (C=O) groups excluding carboxylic acids is 1. The van der Waals surface area contributed by atoms with Crippen molar-refractivity contribution in [1.82, 2.24) is 29.3 Å². The summed E-state index contributed by atoms with van der Waals surface area (Å²) in [5.74, 6) is -0.0618. The van der Waals surface area contributed by atoms with Crippen molar-refractivity contribution in [2.24, 2.45) is 0 Å². The van der Waals surface area contributed by atoms with E-state index in [4.69, 9.17) is 0 Å². The van der Waals surface area contributed by atoms with Gasteiger partial charge in [0.25, 0.3) is 0 Å². The van der Waals surface area contributed by atoms with Crippen molar-refractivity contribution in [1.29, 1.82) is 0 Å². The van der Waals surface area contributed by atoms with Crippen molar-refractivity contribution >= 4 is 27.5 Å². The number of hydrogen-bond donors (Lipinski definition) is 1. The first kappa shape index (κ1) is 19.3. The first-order valence-electron chi connectivity index (χ1n) is 8.92. The summed E-state index contributed by atoms with van der Waals surface area (Å²) in [7, 11) is 0. The lowest BCUT2D eigenvalue weighted by Crippen LogP contribution is -2.15. The Morgan fingerprint density at radius 2 is 1.93 bits per heavy atom. The van der Waals surface area contributed by atoms with Gasteiger partial charge in [0, 0.05) is 36.1 Å². The largest absolute Gasteiger partial charge is 0.323 e. The third-order valence-electron chi connectivity index (χ3n) is 4.60. The van der Waals surface area contributed by atoms with Crippen LogP contribution in [0.25, 0.3) is 0 Å². The zero-order valence-corrected chi connectivity index (χ0v) is 17.6. The van der Waals surface area contributed by atoms with E-state index in [1.807, 2.05) is 35.6 Å². The monoisotopic (exact) mass is 433 g/mol. The minimum Gasteiger partial charge on any atom is -0.323 e. The van der Waals surface area contributed by atoms with E-state index in [-0.39, 0.29) is 5.91 Å². The molecule has 3 aromatic heterocycles. The average molecular weight is 434 g/mol. The number of aryl methyl sites for hydroxylation is 3. The van der Waals surface area contributed by atoms with Crippen LogP contribution in [0.3, 0.4) is 0 Å². The molecule has 0 saturated carbocycles. The van der Waals surface area contributed by atoms with Crippen LogP contribution >= 0.6 is 15.9 Å². The third kappa shape index (κ3) is 4.29. The van der Waals surface area contributed by atoms with E-state index in [1.54, 1.807) is 10.9 Å². The van der Waals surface area contributed by atoms with E-state index in [0.717, 1.165) is 33.7 Å². The first-order valence-corrected chi connectivity index (χ1v) is 9.71. The predicted molar refractivity (Wildman–Crippen MR) is 107 cm³/mol. The first-order chi connectivity index (χ1) is 12.9. The Kier molecular flexibility index (Phi) is 5.79. The molecule has 0 unspecified atom stereocenters. The van der Waals surface area contributed by atoms with Crippen LogP contribution < -0.4 is 5.32 Å². The van der Waals surface area contributed by atoms with Crippen molar-refractivity contribution < 1.29 is 4.79 Å². The van der Waals surface area contributed by atoms with Crippen LogP contribution in [0.2, 0.25) is 0 Å². The molecule has 1 N–H and O–H groups in total. The van der Waals surface area contributed by atoms with Gasteiger partial charge in [-0.2, -0.15) is 15.3 Å². The quantitative estimate of drug-likeness (QED) is 0.620. The van der Waals surface area contributed by atoms with Crippen LogP contribution in [-0.2, 0) is 24.4 Å². The minimum absolute atomic E-state index is 0.0618. The number of halogens is 1. The lowest BCUT2D eigenvalue weighted by atomic mass is 10.2. The van der Waals surface area contributed by atoms with E-state index in [0.29, 0.717) is 25.2 Å². The van der Waals surface area contributed by atoms with Crippen molar-refractivity contribution in [2.45, 2.75) is 53.8 Å². The molecule has 3 heterocycles. The van der Waals surface area contributed by atoms with Crippen LogP contribution in [0.15, 0.2) is 23.1 Å². The van der Waals surface area contributed by atoms with Gasteiger partial charge in [0.15, 0.2) is 0 Å². The zero-order chi connectivity index (χ0) is 19.6. The van der Waals surface area contributed by atoms with Gasteiger partial charge >= 0.3 is 0 Å². The van der Waals surface area contributed by atoms with Crippen molar-refractivity contribution in [3.8, 4) is 0 Å². The van der Waals surface area contributed by atoms with Crippen LogP contribution in [0, 0.1) is 20.8 Å². The highest BCUT2D eigenvalue weighted by molar-refractivity contribution is 9.10. The van der Waals surface area contributed by atoms with E-state index in [9.17, 15) is 4.79 Å². The fourth-order valence-electron chi connectivity index (χ4n) is 2.97. The SMILES string of the molecule is CCn1ncc(Cn2cc(NC(=O)CCn3nc(C)c(Br)c3C)cn2)c1C. The summed E-state index contributed by atoms with van der Waals surface area (Å²) in [6.45, 7) is 10.0. The van der Waals surface area contributed by atoms with E-state index in [1.165, 1.54) is 0 Å². The molecule has 0 saturated heterocycles. The Balaban J connectivity index is 1.56. The number of hydrogen-bond acceptors (Lipinski definition) is 4. The molecule has 144 valence electrons. The molecular formula is C18H24BrN7O. The van der Waals surface area contributed by atoms with Crippen LogP contribution in [0.5, 0.6) is 0 Å². The Hall–Kier alpha value is -2.42. The predicted octanol–water partition coefficient (Wildman–Crippen LogP) is 3.06. The number of rotatable bonds is 7. The molecule has 0 aromatic carbocycles. The smallest absolute Gasteiger partial charge is 0.226 e. The second-order valence-electron chi connectivity index (χ2n) is 6.50. The summed E-state index contributed by atoms with van der Waals surface area (Å²) in [6, 6.07) is 0. The molecule has 1 amide bonds. The fourth-order valence-corrected chi connectivity index (χ4v) is 3.26. The second kappa shape index (κ2) is 8.08. The van der Waals surface area contributed by atoms with E-state index >= 15 is 0 Å². The minimum atomic E-state index is -0.0618. The zero-order valence-electron chi connectivity index (χ0n) is 16.0. The van der Waals surface area contributed by atoms with Gasteiger partial charge in [0.2, 0.25) is 5.91 Å². The summed E-state index contributed by atoms with van der Waals surface area (Å²) in [5, 5.41) is 16.0. The molecule has 0 spiro atoms. The molecule has 3 rings (SSSR count). The lowest BCUT2D eigenvalue weighted by Gasteiger charge is -2.05. The van der Waals surface area contributed by atoms with Crippen molar-refractivity contribution in [2.75, 3.05) is 5.32 Å². The molecule has 0 radical (unpaired) electrons. The van der Waals surface area contributed by atoms with Gasteiger partial charge < -0.3 is 5.32 Å². The summed E-state index contributed by atoms with van der Waals surface area (Å²) < 4.78 is 6.60. The van der Waals surface area contributed by atoms with Crippen LogP contribution in [-0.4, -0.2) is 35.2 Å². The number of nitrogens with zero attached hydrogens (tertiary/aromatic N) is 6. The van der Waals surface area contributed by atoms with Crippen LogP contribution in [0.4, 0.5) is 5.69 Å². The highest BCUT2D eigenvalue weighted by Gasteiger charge is 2.11. The molecule has 8 nitrogen and oxygen atoms in total. The molecule has 0 aliphatic heterocycles. The molecule has 0 aliphatic carbocycles. The van der Waals surface area contributed by atoms with Crippen LogP contribution in [0.1, 0.15) is 36.0 Å². The molecule has 0 aliphatic rings. The molecule has 0 bridgehead atoms. The second-order valence-corrected chi connectivity index (χ2v) is 7.30. The normalized spacial score (nSPS) is 11.1. The fraction of sp³-hybridized carbons (Fsp3) is 0.444. The maximum atomic E-state index is 12.2. The Morgan fingerprint density at radius 3 is 2.56 bits per heavy atom. The van der Waals surface area contributed by atoms with Crippen molar-refractivity contribution in [3.63, 3.8) is 0 Å². The van der Waals surface area contributed by atoms with Gasteiger partial charge in [0.05, 0.1) is 41.3 Å². The number of amides is 1. The maximum absolute atomic E-state index is 12.2. The summed E-state index contributed by atoms with van der Waals surface area (Å²) in [4.78, 5) is 12.2. The molecule has 3 aromatic rings. The molecule has 0 atom stereocenters. The van der Waals surface area contributed by atoms with Gasteiger partial charge in [-0.15, -0.1) is 0 Å². The maximum Gasteiger partial charge on any atom is 0.226 e.